The average Bonchev–Trinajstić information content (AvgIpc) is 2.99. The average molecular weight is 301 g/mol. The summed E-state index contributed by atoms with van der Waals surface area (Å²) in [5.74, 6) is 0.0208. The first-order valence-electron chi connectivity index (χ1n) is 7.41. The van der Waals surface area contributed by atoms with Crippen molar-refractivity contribution in [1.82, 2.24) is 25.0 Å². The Labute approximate surface area is 131 Å². The summed E-state index contributed by atoms with van der Waals surface area (Å²) in [5.41, 5.74) is 2.19. The van der Waals surface area contributed by atoms with Crippen LogP contribution in [-0.4, -0.2) is 46.2 Å². The van der Waals surface area contributed by atoms with Gasteiger partial charge in [-0.1, -0.05) is 29.8 Å². The van der Waals surface area contributed by atoms with Crippen LogP contribution in [0.25, 0.3) is 0 Å². The lowest BCUT2D eigenvalue weighted by Gasteiger charge is -2.24. The van der Waals surface area contributed by atoms with Gasteiger partial charge in [0.25, 0.3) is 0 Å². The second kappa shape index (κ2) is 7.70. The monoisotopic (exact) mass is 301 g/mol. The Hall–Kier alpha value is -2.21. The molecule has 2 rings (SSSR count). The van der Waals surface area contributed by atoms with Gasteiger partial charge in [-0.2, -0.15) is 5.10 Å². The zero-order chi connectivity index (χ0) is 15.9. The summed E-state index contributed by atoms with van der Waals surface area (Å²) in [4.78, 5) is 18.3. The van der Waals surface area contributed by atoms with Crippen LogP contribution in [0.2, 0.25) is 0 Å². The standard InChI is InChI=1S/C16H23N5O/c1-13-5-7-14(8-6-13)15(20(2)3)16(22)18-9-4-10-21-12-17-11-19-21/h5-8,11-12,15H,4,9-10H2,1-3H3,(H,18,22)/t15-/m1/s1. The topological polar surface area (TPSA) is 63.1 Å². The van der Waals surface area contributed by atoms with Crippen LogP contribution in [0.15, 0.2) is 36.9 Å². The molecule has 22 heavy (non-hydrogen) atoms. The Morgan fingerprint density at radius 3 is 2.64 bits per heavy atom. The van der Waals surface area contributed by atoms with E-state index in [0.29, 0.717) is 6.54 Å². The number of likely N-dealkylation sites (N-methyl/N-ethyl adjacent to an activating group) is 1. The first-order chi connectivity index (χ1) is 10.6. The van der Waals surface area contributed by atoms with Crippen LogP contribution in [0.5, 0.6) is 0 Å². The molecule has 0 aliphatic rings. The molecule has 0 aliphatic heterocycles. The van der Waals surface area contributed by atoms with Gasteiger partial charge >= 0.3 is 0 Å². The molecule has 6 heteroatoms. The van der Waals surface area contributed by atoms with E-state index in [0.717, 1.165) is 18.5 Å². The number of aryl methyl sites for hydroxylation is 2. The lowest BCUT2D eigenvalue weighted by molar-refractivity contribution is -0.125. The van der Waals surface area contributed by atoms with Gasteiger partial charge in [0.15, 0.2) is 0 Å². The van der Waals surface area contributed by atoms with Gasteiger partial charge in [0, 0.05) is 13.1 Å². The molecule has 0 fully saturated rings. The van der Waals surface area contributed by atoms with E-state index in [1.807, 2.05) is 50.2 Å². The zero-order valence-electron chi connectivity index (χ0n) is 13.4. The second-order valence-corrected chi connectivity index (χ2v) is 5.58. The maximum absolute atomic E-state index is 12.4. The van der Waals surface area contributed by atoms with E-state index in [1.165, 1.54) is 11.9 Å². The van der Waals surface area contributed by atoms with E-state index in [9.17, 15) is 4.79 Å². The molecule has 1 amide bonds. The summed E-state index contributed by atoms with van der Waals surface area (Å²) in [6, 6.07) is 7.81. The van der Waals surface area contributed by atoms with Crippen LogP contribution in [-0.2, 0) is 11.3 Å². The number of hydrogen-bond donors (Lipinski definition) is 1. The smallest absolute Gasteiger partial charge is 0.241 e. The van der Waals surface area contributed by atoms with E-state index < -0.39 is 0 Å². The zero-order valence-corrected chi connectivity index (χ0v) is 13.4. The highest BCUT2D eigenvalue weighted by Gasteiger charge is 2.22. The van der Waals surface area contributed by atoms with E-state index >= 15 is 0 Å². The van der Waals surface area contributed by atoms with E-state index in [4.69, 9.17) is 0 Å². The van der Waals surface area contributed by atoms with Crippen LogP contribution in [0.4, 0.5) is 0 Å². The lowest BCUT2D eigenvalue weighted by Crippen LogP contribution is -2.37. The highest BCUT2D eigenvalue weighted by atomic mass is 16.2. The molecular weight excluding hydrogens is 278 g/mol. The third-order valence-corrected chi connectivity index (χ3v) is 3.49. The van der Waals surface area contributed by atoms with Gasteiger partial charge in [0.1, 0.15) is 18.7 Å². The maximum Gasteiger partial charge on any atom is 0.241 e. The van der Waals surface area contributed by atoms with Crippen molar-refractivity contribution in [3.05, 3.63) is 48.0 Å². The van der Waals surface area contributed by atoms with Gasteiger partial charge in [0.05, 0.1) is 0 Å². The van der Waals surface area contributed by atoms with Crippen molar-refractivity contribution in [1.29, 1.82) is 0 Å². The molecule has 0 unspecified atom stereocenters. The first kappa shape index (κ1) is 16.2. The molecule has 1 heterocycles. The molecule has 0 saturated heterocycles. The van der Waals surface area contributed by atoms with Crippen LogP contribution in [0.1, 0.15) is 23.6 Å². The third-order valence-electron chi connectivity index (χ3n) is 3.49. The predicted octanol–water partition coefficient (Wildman–Crippen LogP) is 1.40. The molecule has 0 radical (unpaired) electrons. The number of rotatable bonds is 7. The quantitative estimate of drug-likeness (QED) is 0.785. The van der Waals surface area contributed by atoms with Crippen molar-refractivity contribution in [3.8, 4) is 0 Å². The largest absolute Gasteiger partial charge is 0.354 e. The van der Waals surface area contributed by atoms with Gasteiger partial charge in [0.2, 0.25) is 5.91 Å². The summed E-state index contributed by atoms with van der Waals surface area (Å²) in [7, 11) is 3.83. The number of carbonyl (C=O) groups excluding carboxylic acids is 1. The number of hydrogen-bond acceptors (Lipinski definition) is 4. The van der Waals surface area contributed by atoms with Gasteiger partial charge in [-0.05, 0) is 33.0 Å². The van der Waals surface area contributed by atoms with Crippen molar-refractivity contribution >= 4 is 5.91 Å². The lowest BCUT2D eigenvalue weighted by atomic mass is 10.0. The van der Waals surface area contributed by atoms with E-state index in [2.05, 4.69) is 15.4 Å². The van der Waals surface area contributed by atoms with Gasteiger partial charge in [-0.3, -0.25) is 14.4 Å². The molecule has 6 nitrogen and oxygen atoms in total. The molecule has 118 valence electrons. The van der Waals surface area contributed by atoms with Crippen LogP contribution in [0, 0.1) is 6.92 Å². The molecule has 0 bridgehead atoms. The molecule has 0 aliphatic carbocycles. The molecule has 0 spiro atoms. The number of benzene rings is 1. The fourth-order valence-electron chi connectivity index (χ4n) is 2.33. The minimum Gasteiger partial charge on any atom is -0.354 e. The van der Waals surface area contributed by atoms with Crippen molar-refractivity contribution in [2.24, 2.45) is 0 Å². The molecule has 0 saturated carbocycles. The molecule has 2 aromatic rings. The second-order valence-electron chi connectivity index (χ2n) is 5.58. The molecule has 1 N–H and O–H groups in total. The van der Waals surface area contributed by atoms with Gasteiger partial charge < -0.3 is 5.32 Å². The fraction of sp³-hybridized carbons (Fsp3) is 0.438. The number of aromatic nitrogens is 3. The van der Waals surface area contributed by atoms with E-state index in [-0.39, 0.29) is 11.9 Å². The van der Waals surface area contributed by atoms with Crippen LogP contribution in [0.3, 0.4) is 0 Å². The number of carbonyl (C=O) groups is 1. The van der Waals surface area contributed by atoms with Crippen LogP contribution >= 0.6 is 0 Å². The summed E-state index contributed by atoms with van der Waals surface area (Å²) >= 11 is 0. The Balaban J connectivity index is 1.88. The predicted molar refractivity (Wildman–Crippen MR) is 85.3 cm³/mol. The van der Waals surface area contributed by atoms with E-state index in [1.54, 1.807) is 11.0 Å². The maximum atomic E-state index is 12.4. The summed E-state index contributed by atoms with van der Waals surface area (Å²) in [6.07, 6.45) is 4.01. The van der Waals surface area contributed by atoms with Gasteiger partial charge in [-0.25, -0.2) is 4.98 Å². The van der Waals surface area contributed by atoms with Crippen molar-refractivity contribution in [2.45, 2.75) is 25.9 Å². The minimum atomic E-state index is -0.271. The van der Waals surface area contributed by atoms with Gasteiger partial charge in [-0.15, -0.1) is 0 Å². The summed E-state index contributed by atoms with van der Waals surface area (Å²) < 4.78 is 1.76. The third kappa shape index (κ3) is 4.39. The SMILES string of the molecule is Cc1ccc([C@H](C(=O)NCCCn2cncn2)N(C)C)cc1. The Morgan fingerprint density at radius 2 is 2.05 bits per heavy atom. The fourth-order valence-corrected chi connectivity index (χ4v) is 2.33. The normalized spacial score (nSPS) is 12.4. The number of amides is 1. The Morgan fingerprint density at radius 1 is 1.32 bits per heavy atom. The molecule has 1 aromatic carbocycles. The van der Waals surface area contributed by atoms with Crippen molar-refractivity contribution < 1.29 is 4.79 Å². The molecular formula is C16H23N5O. The van der Waals surface area contributed by atoms with Crippen LogP contribution < -0.4 is 5.32 Å². The summed E-state index contributed by atoms with van der Waals surface area (Å²) in [6.45, 7) is 3.41. The molecule has 1 aromatic heterocycles. The molecule has 1 atom stereocenters. The minimum absolute atomic E-state index is 0.0208. The highest BCUT2D eigenvalue weighted by Crippen LogP contribution is 2.18. The first-order valence-corrected chi connectivity index (χ1v) is 7.41. The number of nitrogens with one attached hydrogen (secondary N) is 1. The number of nitrogens with zero attached hydrogens (tertiary/aromatic N) is 4. The Kier molecular flexibility index (Phi) is 5.66. The van der Waals surface area contributed by atoms with Crippen molar-refractivity contribution in [3.63, 3.8) is 0 Å². The Bertz CT molecular complexity index is 577. The summed E-state index contributed by atoms with van der Waals surface area (Å²) in [5, 5.41) is 7.03. The highest BCUT2D eigenvalue weighted by molar-refractivity contribution is 5.83. The van der Waals surface area contributed by atoms with Crippen molar-refractivity contribution in [2.75, 3.05) is 20.6 Å².